The van der Waals surface area contributed by atoms with Gasteiger partial charge < -0.3 is 15.0 Å². The first-order valence-electron chi connectivity index (χ1n) is 14.7. The number of halogens is 1. The molecule has 0 spiro atoms. The van der Waals surface area contributed by atoms with Crippen LogP contribution in [0, 0.1) is 18.7 Å². The van der Waals surface area contributed by atoms with Gasteiger partial charge in [0.1, 0.15) is 17.3 Å². The number of pyridine rings is 1. The topological polar surface area (TPSA) is 95.7 Å². The molecule has 3 N–H and O–H groups in total. The molecule has 0 radical (unpaired) electrons. The van der Waals surface area contributed by atoms with E-state index in [2.05, 4.69) is 37.6 Å². The van der Waals surface area contributed by atoms with Crippen LogP contribution in [0.5, 0.6) is 5.75 Å². The highest BCUT2D eigenvalue weighted by Gasteiger charge is 2.21. The van der Waals surface area contributed by atoms with E-state index in [9.17, 15) is 9.18 Å². The molecule has 7 nitrogen and oxygen atoms in total. The Morgan fingerprint density at radius 2 is 1.79 bits per heavy atom. The fourth-order valence-corrected chi connectivity index (χ4v) is 6.25. The third kappa shape index (κ3) is 5.14. The average Bonchev–Trinajstić information content (AvgIpc) is 3.66. The molecule has 7 rings (SSSR count). The Hall–Kier alpha value is -4.98. The van der Waals surface area contributed by atoms with Gasteiger partial charge in [0.2, 0.25) is 5.91 Å². The quantitative estimate of drug-likeness (QED) is 0.186. The lowest BCUT2D eigenvalue weighted by atomic mass is 9.88. The maximum Gasteiger partial charge on any atom is 0.227 e. The molecule has 0 bridgehead atoms. The van der Waals surface area contributed by atoms with Crippen molar-refractivity contribution in [2.24, 2.45) is 5.92 Å². The number of fused-ring (bicyclic) bond motifs is 2. The van der Waals surface area contributed by atoms with Crippen molar-refractivity contribution in [3.05, 3.63) is 84.4 Å². The zero-order valence-electron chi connectivity index (χ0n) is 24.1. The van der Waals surface area contributed by atoms with Gasteiger partial charge in [-0.05, 0) is 78.4 Å². The van der Waals surface area contributed by atoms with E-state index in [0.717, 1.165) is 86.7 Å². The molecule has 0 atom stereocenters. The zero-order chi connectivity index (χ0) is 29.5. The van der Waals surface area contributed by atoms with E-state index in [1.54, 1.807) is 6.20 Å². The summed E-state index contributed by atoms with van der Waals surface area (Å²) in [5, 5.41) is 12.8. The van der Waals surface area contributed by atoms with E-state index in [-0.39, 0.29) is 17.6 Å². The molecule has 3 aromatic heterocycles. The van der Waals surface area contributed by atoms with Crippen LogP contribution in [-0.4, -0.2) is 33.2 Å². The highest BCUT2D eigenvalue weighted by atomic mass is 19.1. The van der Waals surface area contributed by atoms with Crippen molar-refractivity contribution in [1.82, 2.24) is 20.2 Å². The fourth-order valence-electron chi connectivity index (χ4n) is 6.25. The third-order valence-corrected chi connectivity index (χ3v) is 8.55. The number of rotatable bonds is 6. The van der Waals surface area contributed by atoms with Crippen molar-refractivity contribution >= 4 is 33.4 Å². The van der Waals surface area contributed by atoms with Crippen molar-refractivity contribution in [3.63, 3.8) is 0 Å². The molecule has 3 heterocycles. The monoisotopic (exact) mass is 573 g/mol. The minimum absolute atomic E-state index is 0.0747. The first-order chi connectivity index (χ1) is 21.0. The van der Waals surface area contributed by atoms with Gasteiger partial charge in [0.15, 0.2) is 0 Å². The summed E-state index contributed by atoms with van der Waals surface area (Å²) in [7, 11) is 1.54. The van der Waals surface area contributed by atoms with Crippen LogP contribution in [0.4, 0.5) is 10.1 Å². The number of hydrogen-bond donors (Lipinski definition) is 3. The molecule has 1 fully saturated rings. The number of benzene rings is 3. The highest BCUT2D eigenvalue weighted by Crippen LogP contribution is 2.38. The largest absolute Gasteiger partial charge is 0.497 e. The van der Waals surface area contributed by atoms with Gasteiger partial charge in [-0.25, -0.2) is 4.39 Å². The van der Waals surface area contributed by atoms with Crippen LogP contribution in [0.3, 0.4) is 0 Å². The summed E-state index contributed by atoms with van der Waals surface area (Å²) in [6, 6.07) is 19.0. The standard InChI is InChI=1S/C35H32FN5O2/c1-20-8-10-28(23-12-25(36)16-27(14-23)43-2)29-17-32(39-33(20)29)34-30-15-22(9-11-31(30)40-41-34)24-13-26(19-37-18-24)38-35(42)21-6-4-3-5-7-21/h8-19,21,39H,3-7H2,1-2H3,(H,38,42)(H,40,41). The molecule has 1 aliphatic carbocycles. The number of amides is 1. The van der Waals surface area contributed by atoms with Crippen LogP contribution in [0.15, 0.2) is 73.1 Å². The van der Waals surface area contributed by atoms with Crippen LogP contribution in [-0.2, 0) is 4.79 Å². The molecule has 1 amide bonds. The number of nitrogens with one attached hydrogen (secondary N) is 3. The smallest absolute Gasteiger partial charge is 0.227 e. The first-order valence-corrected chi connectivity index (χ1v) is 14.7. The highest BCUT2D eigenvalue weighted by molar-refractivity contribution is 6.03. The van der Waals surface area contributed by atoms with Gasteiger partial charge in [-0.2, -0.15) is 5.10 Å². The number of aromatic amines is 2. The van der Waals surface area contributed by atoms with Crippen LogP contribution < -0.4 is 10.1 Å². The Kier molecular flexibility index (Phi) is 6.89. The van der Waals surface area contributed by atoms with Crippen LogP contribution in [0.1, 0.15) is 37.7 Å². The molecule has 1 saturated carbocycles. The summed E-state index contributed by atoms with van der Waals surface area (Å²) in [4.78, 5) is 20.8. The maximum atomic E-state index is 14.4. The Bertz CT molecular complexity index is 1990. The summed E-state index contributed by atoms with van der Waals surface area (Å²) in [6.45, 7) is 2.05. The Balaban J connectivity index is 1.25. The summed E-state index contributed by atoms with van der Waals surface area (Å²) in [5.74, 6) is 0.274. The normalized spacial score (nSPS) is 13.9. The number of aromatic nitrogens is 4. The lowest BCUT2D eigenvalue weighted by Crippen LogP contribution is -2.24. The number of nitrogens with zero attached hydrogens (tertiary/aromatic N) is 2. The summed E-state index contributed by atoms with van der Waals surface area (Å²) in [6.07, 6.45) is 8.84. The number of anilines is 1. The third-order valence-electron chi connectivity index (χ3n) is 8.55. The second-order valence-corrected chi connectivity index (χ2v) is 11.4. The van der Waals surface area contributed by atoms with E-state index in [0.29, 0.717) is 11.4 Å². The summed E-state index contributed by atoms with van der Waals surface area (Å²) in [5.41, 5.74) is 8.80. The number of methoxy groups -OCH3 is 1. The molecular weight excluding hydrogens is 541 g/mol. The molecule has 0 unspecified atom stereocenters. The van der Waals surface area contributed by atoms with E-state index in [1.165, 1.54) is 25.7 Å². The SMILES string of the molecule is COc1cc(F)cc(-c2ccc(C)c3[nH]c(-c4n[nH]c5ccc(-c6cncc(NC(=O)C7CCCCC7)c6)cc45)cc23)c1. The van der Waals surface area contributed by atoms with Gasteiger partial charge in [0, 0.05) is 40.0 Å². The first kappa shape index (κ1) is 26.9. The van der Waals surface area contributed by atoms with Gasteiger partial charge in [-0.3, -0.25) is 14.9 Å². The van der Waals surface area contributed by atoms with E-state index in [4.69, 9.17) is 4.74 Å². The summed E-state index contributed by atoms with van der Waals surface area (Å²) < 4.78 is 19.7. The number of H-pyrrole nitrogens is 2. The van der Waals surface area contributed by atoms with Crippen molar-refractivity contribution in [2.75, 3.05) is 12.4 Å². The zero-order valence-corrected chi connectivity index (χ0v) is 24.1. The minimum Gasteiger partial charge on any atom is -0.497 e. The molecule has 0 saturated heterocycles. The summed E-state index contributed by atoms with van der Waals surface area (Å²) >= 11 is 0. The van der Waals surface area contributed by atoms with Gasteiger partial charge in [0.25, 0.3) is 0 Å². The number of hydrogen-bond acceptors (Lipinski definition) is 4. The fraction of sp³-hybridized carbons (Fsp3) is 0.229. The van der Waals surface area contributed by atoms with E-state index < -0.39 is 0 Å². The molecule has 6 aromatic rings. The van der Waals surface area contributed by atoms with Crippen molar-refractivity contribution in [2.45, 2.75) is 39.0 Å². The second-order valence-electron chi connectivity index (χ2n) is 11.4. The number of carbonyl (C=O) groups excluding carboxylic acids is 1. The van der Waals surface area contributed by atoms with Crippen molar-refractivity contribution in [1.29, 1.82) is 0 Å². The van der Waals surface area contributed by atoms with Crippen LogP contribution in [0.25, 0.3) is 55.4 Å². The van der Waals surface area contributed by atoms with Gasteiger partial charge in [0.05, 0.1) is 30.2 Å². The molecule has 8 heteroatoms. The van der Waals surface area contributed by atoms with Gasteiger partial charge >= 0.3 is 0 Å². The molecule has 1 aliphatic rings. The number of ether oxygens (including phenoxy) is 1. The van der Waals surface area contributed by atoms with Crippen LogP contribution in [0.2, 0.25) is 0 Å². The molecule has 0 aliphatic heterocycles. The molecule has 43 heavy (non-hydrogen) atoms. The minimum atomic E-state index is -0.350. The molecule has 3 aromatic carbocycles. The molecular formula is C35H32FN5O2. The lowest BCUT2D eigenvalue weighted by molar-refractivity contribution is -0.120. The van der Waals surface area contributed by atoms with Crippen molar-refractivity contribution < 1.29 is 13.9 Å². The van der Waals surface area contributed by atoms with E-state index in [1.807, 2.05) is 49.5 Å². The van der Waals surface area contributed by atoms with E-state index >= 15 is 0 Å². The maximum absolute atomic E-state index is 14.4. The Morgan fingerprint density at radius 1 is 0.930 bits per heavy atom. The number of carbonyl (C=O) groups is 1. The number of aryl methyl sites for hydroxylation is 1. The molecule has 216 valence electrons. The predicted octanol–water partition coefficient (Wildman–Crippen LogP) is 8.42. The Morgan fingerprint density at radius 3 is 2.63 bits per heavy atom. The van der Waals surface area contributed by atoms with Crippen molar-refractivity contribution in [3.8, 4) is 39.4 Å². The second kappa shape index (κ2) is 11.0. The predicted molar refractivity (Wildman–Crippen MR) is 169 cm³/mol. The van der Waals surface area contributed by atoms with Gasteiger partial charge in [-0.1, -0.05) is 37.5 Å². The Labute approximate surface area is 248 Å². The van der Waals surface area contributed by atoms with Crippen LogP contribution >= 0.6 is 0 Å². The lowest BCUT2D eigenvalue weighted by Gasteiger charge is -2.20. The van der Waals surface area contributed by atoms with Gasteiger partial charge in [-0.15, -0.1) is 0 Å². The average molecular weight is 574 g/mol.